The van der Waals surface area contributed by atoms with Crippen LogP contribution in [0.2, 0.25) is 0 Å². The van der Waals surface area contributed by atoms with E-state index in [2.05, 4.69) is 119 Å². The molecule has 146 valence electrons. The van der Waals surface area contributed by atoms with Crippen molar-refractivity contribution in [1.82, 2.24) is 0 Å². The van der Waals surface area contributed by atoms with E-state index in [1.54, 1.807) is 0 Å². The maximum Gasteiger partial charge on any atom is 0.115 e. The minimum absolute atomic E-state index is 0. The molecule has 0 nitrogen and oxygen atoms in total. The average Bonchev–Trinajstić information content (AvgIpc) is 2.75. The highest BCUT2D eigenvalue weighted by Gasteiger charge is 2.43. The van der Waals surface area contributed by atoms with Crippen molar-refractivity contribution in [2.75, 3.05) is 11.5 Å². The topological polar surface area (TPSA) is 0 Å². The fourth-order valence-electron chi connectivity index (χ4n) is 3.52. The van der Waals surface area contributed by atoms with Gasteiger partial charge in [0.2, 0.25) is 0 Å². The van der Waals surface area contributed by atoms with E-state index in [9.17, 15) is 0 Å². The Hall–Kier alpha value is -1.40. The summed E-state index contributed by atoms with van der Waals surface area (Å²) in [5, 5.41) is 5.45. The van der Waals surface area contributed by atoms with E-state index in [0.29, 0.717) is 0 Å². The van der Waals surface area contributed by atoms with E-state index in [1.165, 1.54) is 28.8 Å². The molecule has 3 heteroatoms. The van der Waals surface area contributed by atoms with E-state index in [1.807, 2.05) is 0 Å². The van der Waals surface area contributed by atoms with Crippen LogP contribution in [0.3, 0.4) is 0 Å². The highest BCUT2D eigenvalue weighted by atomic mass is 79.9. The second-order valence-corrected chi connectivity index (χ2v) is 11.0. The van der Waals surface area contributed by atoms with Crippen molar-refractivity contribution in [2.45, 2.75) is 19.3 Å². The van der Waals surface area contributed by atoms with Crippen LogP contribution in [0, 0.1) is 0 Å². The van der Waals surface area contributed by atoms with Gasteiger partial charge in [0.15, 0.2) is 0 Å². The molecule has 0 aliphatic heterocycles. The van der Waals surface area contributed by atoms with Gasteiger partial charge in [0.1, 0.15) is 23.2 Å². The quantitative estimate of drug-likeness (QED) is 0.194. The number of alkyl halides is 1. The van der Waals surface area contributed by atoms with Gasteiger partial charge in [-0.1, -0.05) is 82.7 Å². The van der Waals surface area contributed by atoms with Gasteiger partial charge in [0.05, 0.1) is 6.16 Å². The Balaban J connectivity index is 0.00000280. The number of allylic oxidation sites excluding steroid dienone is 2. The lowest BCUT2D eigenvalue weighted by Crippen LogP contribution is -3.00. The summed E-state index contributed by atoms with van der Waals surface area (Å²) < 4.78 is 0. The lowest BCUT2D eigenvalue weighted by Gasteiger charge is -2.26. The summed E-state index contributed by atoms with van der Waals surface area (Å²) in [6.45, 7) is 0. The summed E-state index contributed by atoms with van der Waals surface area (Å²) in [6, 6.07) is 33.3. The van der Waals surface area contributed by atoms with Gasteiger partial charge in [-0.3, -0.25) is 0 Å². The molecule has 0 fully saturated rings. The zero-order chi connectivity index (χ0) is 18.8. The number of unbranched alkanes of at least 4 members (excludes halogenated alkanes) is 2. The third kappa shape index (κ3) is 5.57. The first-order valence-corrected chi connectivity index (χ1v) is 12.7. The van der Waals surface area contributed by atoms with Crippen LogP contribution >= 0.6 is 23.2 Å². The first kappa shape index (κ1) is 22.9. The van der Waals surface area contributed by atoms with E-state index < -0.39 is 7.26 Å². The predicted octanol–water partition coefficient (Wildman–Crippen LogP) is 3.11. The molecule has 0 aromatic heterocycles. The number of benzene rings is 3. The monoisotopic (exact) mass is 472 g/mol. The van der Waals surface area contributed by atoms with Crippen LogP contribution in [0.1, 0.15) is 19.3 Å². The first-order chi connectivity index (χ1) is 13.4. The Morgan fingerprint density at radius 1 is 0.607 bits per heavy atom. The van der Waals surface area contributed by atoms with Gasteiger partial charge < -0.3 is 12.4 Å². The molecule has 3 aromatic carbocycles. The van der Waals surface area contributed by atoms with Crippen LogP contribution in [-0.4, -0.2) is 11.5 Å². The summed E-state index contributed by atoms with van der Waals surface area (Å²) in [4.78, 5) is 0. The van der Waals surface area contributed by atoms with Crippen molar-refractivity contribution < 1.29 is 12.4 Å². The van der Waals surface area contributed by atoms with Crippen LogP contribution in [0.15, 0.2) is 103 Å². The number of hydrogen-bond donors (Lipinski definition) is 0. The molecule has 0 N–H and O–H groups in total. The van der Waals surface area contributed by atoms with E-state index in [4.69, 9.17) is 0 Å². The molecule has 0 saturated heterocycles. The van der Waals surface area contributed by atoms with Crippen molar-refractivity contribution in [2.24, 2.45) is 0 Å². The summed E-state index contributed by atoms with van der Waals surface area (Å²) in [6.07, 6.45) is 9.51. The molecule has 0 aliphatic rings. The Morgan fingerprint density at radius 2 is 1.04 bits per heavy atom. The Morgan fingerprint density at radius 3 is 1.43 bits per heavy atom. The number of halogens is 2. The molecule has 28 heavy (non-hydrogen) atoms. The molecular weight excluding hydrogens is 447 g/mol. The van der Waals surface area contributed by atoms with Crippen LogP contribution < -0.4 is 28.3 Å². The molecule has 0 bridgehead atoms. The van der Waals surface area contributed by atoms with E-state index in [0.717, 1.165) is 17.9 Å². The maximum atomic E-state index is 3.52. The molecule has 0 unspecified atom stereocenters. The smallest absolute Gasteiger partial charge is 0.115 e. The summed E-state index contributed by atoms with van der Waals surface area (Å²) in [7, 11) is -1.70. The van der Waals surface area contributed by atoms with Crippen molar-refractivity contribution in [3.05, 3.63) is 103 Å². The number of rotatable bonds is 9. The lowest BCUT2D eigenvalue weighted by atomic mass is 10.2. The molecule has 0 heterocycles. The van der Waals surface area contributed by atoms with Gasteiger partial charge in [-0.15, -0.1) is 0 Å². The summed E-state index contributed by atoms with van der Waals surface area (Å²) in [5.41, 5.74) is 0. The first-order valence-electron chi connectivity index (χ1n) is 9.64. The van der Waals surface area contributed by atoms with Gasteiger partial charge in [-0.05, 0) is 55.7 Å². The van der Waals surface area contributed by atoms with Gasteiger partial charge in [0, 0.05) is 5.33 Å². The number of hydrogen-bond acceptors (Lipinski definition) is 0. The van der Waals surface area contributed by atoms with Crippen LogP contribution in [0.25, 0.3) is 0 Å². The molecule has 0 aliphatic carbocycles. The standard InChI is InChI=1S/C25H27BrP.ClH/c26-21-13-2-1-3-14-22-27(23-15-7-4-8-16-23,24-17-9-5-10-18-24)25-19-11-6-12-20-25;/h3-12,14-20H,1-2,13,21-22H2;1H/q+1;/p-1. The van der Waals surface area contributed by atoms with Gasteiger partial charge in [-0.2, -0.15) is 0 Å². The van der Waals surface area contributed by atoms with E-state index in [-0.39, 0.29) is 12.4 Å². The summed E-state index contributed by atoms with van der Waals surface area (Å²) >= 11 is 3.52. The lowest BCUT2D eigenvalue weighted by molar-refractivity contribution is -0.00000519. The largest absolute Gasteiger partial charge is 1.00 e. The molecule has 0 atom stereocenters. The van der Waals surface area contributed by atoms with Crippen molar-refractivity contribution in [3.8, 4) is 0 Å². The van der Waals surface area contributed by atoms with Gasteiger partial charge >= 0.3 is 0 Å². The highest BCUT2D eigenvalue weighted by Crippen LogP contribution is 2.55. The van der Waals surface area contributed by atoms with Crippen LogP contribution in [0.5, 0.6) is 0 Å². The third-order valence-electron chi connectivity index (χ3n) is 4.89. The molecule has 0 amide bonds. The molecule has 0 saturated carbocycles. The van der Waals surface area contributed by atoms with Crippen molar-refractivity contribution in [3.63, 3.8) is 0 Å². The van der Waals surface area contributed by atoms with Crippen molar-refractivity contribution >= 4 is 39.1 Å². The maximum absolute atomic E-state index is 3.52. The second kappa shape index (κ2) is 12.2. The zero-order valence-corrected chi connectivity index (χ0v) is 19.3. The molecule has 3 rings (SSSR count). The molecule has 0 radical (unpaired) electrons. The highest BCUT2D eigenvalue weighted by molar-refractivity contribution is 9.09. The second-order valence-electron chi connectivity index (χ2n) is 6.66. The minimum atomic E-state index is -1.70. The third-order valence-corrected chi connectivity index (χ3v) is 9.75. The van der Waals surface area contributed by atoms with Gasteiger partial charge in [-0.25, -0.2) is 0 Å². The fourth-order valence-corrected chi connectivity index (χ4v) is 7.95. The SMILES string of the molecule is BrCCCCC=CC[P+](c1ccccc1)(c1ccccc1)c1ccccc1.[Cl-]. The Kier molecular flexibility index (Phi) is 9.99. The predicted molar refractivity (Wildman–Crippen MR) is 127 cm³/mol. The fraction of sp³-hybridized carbons (Fsp3) is 0.200. The van der Waals surface area contributed by atoms with Crippen LogP contribution in [-0.2, 0) is 0 Å². The Bertz CT molecular complexity index is 722. The Labute approximate surface area is 185 Å². The molecular formula is C25H27BrClP. The normalized spacial score (nSPS) is 11.3. The molecule has 0 spiro atoms. The minimum Gasteiger partial charge on any atom is -1.00 e. The summed E-state index contributed by atoms with van der Waals surface area (Å²) in [5.74, 6) is 0. The van der Waals surface area contributed by atoms with Gasteiger partial charge in [0.25, 0.3) is 0 Å². The van der Waals surface area contributed by atoms with Crippen LogP contribution in [0.4, 0.5) is 0 Å². The molecule has 3 aromatic rings. The van der Waals surface area contributed by atoms with Crippen molar-refractivity contribution in [1.29, 1.82) is 0 Å². The average molecular weight is 474 g/mol. The van der Waals surface area contributed by atoms with E-state index >= 15 is 0 Å². The zero-order valence-electron chi connectivity index (χ0n) is 16.1.